The lowest BCUT2D eigenvalue weighted by Gasteiger charge is -2.05. The van der Waals surface area contributed by atoms with Gasteiger partial charge in [0.2, 0.25) is 0 Å². The maximum absolute atomic E-state index is 11.6. The summed E-state index contributed by atoms with van der Waals surface area (Å²) >= 11 is 11.9. The van der Waals surface area contributed by atoms with Crippen LogP contribution in [0.1, 0.15) is 6.92 Å². The summed E-state index contributed by atoms with van der Waals surface area (Å²) in [5.41, 5.74) is 0.615. The number of rotatable bonds is 1. The first-order chi connectivity index (χ1) is 7.63. The Morgan fingerprint density at radius 3 is 2.88 bits per heavy atom. The van der Waals surface area contributed by atoms with Gasteiger partial charge in [-0.15, -0.1) is 0 Å². The number of benzene rings is 1. The number of nitrogens with zero attached hydrogens (tertiary/aromatic N) is 1. The van der Waals surface area contributed by atoms with Crippen molar-refractivity contribution >= 4 is 40.2 Å². The van der Waals surface area contributed by atoms with E-state index in [2.05, 4.69) is 0 Å². The minimum absolute atomic E-state index is 0.323. The van der Waals surface area contributed by atoms with Crippen molar-refractivity contribution in [2.75, 3.05) is 6.61 Å². The Balaban J connectivity index is 2.60. The van der Waals surface area contributed by atoms with Gasteiger partial charge in [0.25, 0.3) is 0 Å². The molecule has 0 atom stereocenters. The summed E-state index contributed by atoms with van der Waals surface area (Å²) in [5.74, 6) is 0. The molecule has 1 heterocycles. The smallest absolute Gasteiger partial charge is 0.418 e. The molecule has 2 aromatic rings. The minimum Gasteiger partial charge on any atom is -0.449 e. The third kappa shape index (κ3) is 1.88. The fraction of sp³-hybridized carbons (Fsp3) is 0.182. The van der Waals surface area contributed by atoms with E-state index in [-0.39, 0.29) is 0 Å². The van der Waals surface area contributed by atoms with Crippen molar-refractivity contribution < 1.29 is 9.53 Å². The van der Waals surface area contributed by atoms with Crippen LogP contribution in [0.2, 0.25) is 10.0 Å². The fourth-order valence-electron chi connectivity index (χ4n) is 1.54. The Morgan fingerprint density at radius 2 is 2.19 bits per heavy atom. The van der Waals surface area contributed by atoms with Gasteiger partial charge in [-0.25, -0.2) is 4.79 Å². The molecule has 0 fully saturated rings. The summed E-state index contributed by atoms with van der Waals surface area (Å²) in [7, 11) is 0. The molecule has 0 spiro atoms. The van der Waals surface area contributed by atoms with Gasteiger partial charge in [-0.2, -0.15) is 0 Å². The lowest BCUT2D eigenvalue weighted by molar-refractivity contribution is 0.155. The van der Waals surface area contributed by atoms with E-state index in [0.29, 0.717) is 22.2 Å². The van der Waals surface area contributed by atoms with Gasteiger partial charge in [0, 0.05) is 16.6 Å². The number of hydrogen-bond donors (Lipinski definition) is 0. The second kappa shape index (κ2) is 4.36. The van der Waals surface area contributed by atoms with Crippen molar-refractivity contribution in [3.05, 3.63) is 34.4 Å². The first-order valence-electron chi connectivity index (χ1n) is 4.76. The van der Waals surface area contributed by atoms with Crippen LogP contribution < -0.4 is 0 Å². The minimum atomic E-state index is -0.443. The topological polar surface area (TPSA) is 31.2 Å². The number of carbonyl (C=O) groups excluding carboxylic acids is 1. The highest BCUT2D eigenvalue weighted by Crippen LogP contribution is 2.28. The average Bonchev–Trinajstić information content (AvgIpc) is 2.61. The molecule has 0 saturated heterocycles. The van der Waals surface area contributed by atoms with E-state index in [1.807, 2.05) is 0 Å². The van der Waals surface area contributed by atoms with Crippen LogP contribution in [0.15, 0.2) is 24.4 Å². The molecule has 84 valence electrons. The largest absolute Gasteiger partial charge is 0.449 e. The molecule has 0 amide bonds. The Labute approximate surface area is 103 Å². The Bertz CT molecular complexity index is 548. The van der Waals surface area contributed by atoms with Crippen LogP contribution in [0.4, 0.5) is 4.79 Å². The number of ether oxygens (including phenoxy) is 1. The van der Waals surface area contributed by atoms with Crippen LogP contribution in [0.3, 0.4) is 0 Å². The zero-order valence-corrected chi connectivity index (χ0v) is 10.0. The monoisotopic (exact) mass is 257 g/mol. The normalized spacial score (nSPS) is 10.7. The van der Waals surface area contributed by atoms with E-state index in [0.717, 1.165) is 5.39 Å². The molecule has 0 saturated carbocycles. The van der Waals surface area contributed by atoms with Gasteiger partial charge in [-0.1, -0.05) is 23.2 Å². The van der Waals surface area contributed by atoms with Crippen LogP contribution in [-0.2, 0) is 4.74 Å². The van der Waals surface area contributed by atoms with E-state index >= 15 is 0 Å². The molecular formula is C11H9Cl2NO2. The van der Waals surface area contributed by atoms with Gasteiger partial charge < -0.3 is 4.74 Å². The standard InChI is InChI=1S/C11H9Cl2NO2/c1-2-16-11(15)14-4-3-7-5-8(12)6-9(13)10(7)14/h3-6H,2H2,1H3. The lowest BCUT2D eigenvalue weighted by atomic mass is 10.2. The van der Waals surface area contributed by atoms with Crippen LogP contribution in [0.5, 0.6) is 0 Å². The van der Waals surface area contributed by atoms with Gasteiger partial charge in [0.15, 0.2) is 0 Å². The van der Waals surface area contributed by atoms with Gasteiger partial charge in [0.1, 0.15) is 0 Å². The van der Waals surface area contributed by atoms with E-state index < -0.39 is 6.09 Å². The SMILES string of the molecule is CCOC(=O)n1ccc2cc(Cl)cc(Cl)c21. The summed E-state index contributed by atoms with van der Waals surface area (Å²) in [6, 6.07) is 5.11. The molecule has 0 aliphatic rings. The molecule has 0 unspecified atom stereocenters. The molecule has 0 bridgehead atoms. The molecule has 0 aliphatic heterocycles. The highest BCUT2D eigenvalue weighted by atomic mass is 35.5. The van der Waals surface area contributed by atoms with Gasteiger partial charge in [-0.3, -0.25) is 4.57 Å². The maximum atomic E-state index is 11.6. The van der Waals surface area contributed by atoms with Crippen molar-refractivity contribution in [1.82, 2.24) is 4.57 Å². The van der Waals surface area contributed by atoms with Crippen LogP contribution in [-0.4, -0.2) is 17.3 Å². The quantitative estimate of drug-likeness (QED) is 0.775. The van der Waals surface area contributed by atoms with Crippen LogP contribution in [0.25, 0.3) is 10.9 Å². The molecule has 0 aliphatic carbocycles. The fourth-order valence-corrected chi connectivity index (χ4v) is 2.14. The van der Waals surface area contributed by atoms with Crippen LogP contribution in [0, 0.1) is 0 Å². The summed E-state index contributed by atoms with van der Waals surface area (Å²) in [4.78, 5) is 11.6. The Hall–Kier alpha value is -1.19. The molecule has 1 aromatic heterocycles. The number of halogens is 2. The number of aromatic nitrogens is 1. The molecule has 3 nitrogen and oxygen atoms in total. The summed E-state index contributed by atoms with van der Waals surface area (Å²) in [6.45, 7) is 2.08. The Kier molecular flexibility index (Phi) is 3.08. The molecule has 5 heteroatoms. The van der Waals surface area contributed by atoms with Crippen LogP contribution >= 0.6 is 23.2 Å². The van der Waals surface area contributed by atoms with Crippen molar-refractivity contribution in [3.63, 3.8) is 0 Å². The zero-order valence-electron chi connectivity index (χ0n) is 8.54. The summed E-state index contributed by atoms with van der Waals surface area (Å²) < 4.78 is 6.28. The zero-order chi connectivity index (χ0) is 11.7. The molecule has 0 N–H and O–H groups in total. The average molecular weight is 258 g/mol. The lowest BCUT2D eigenvalue weighted by Crippen LogP contribution is -2.12. The van der Waals surface area contributed by atoms with E-state index in [1.165, 1.54) is 4.57 Å². The van der Waals surface area contributed by atoms with E-state index in [4.69, 9.17) is 27.9 Å². The molecule has 1 aromatic carbocycles. The molecule has 2 rings (SSSR count). The third-order valence-corrected chi connectivity index (χ3v) is 2.67. The van der Waals surface area contributed by atoms with Crippen molar-refractivity contribution in [1.29, 1.82) is 0 Å². The summed E-state index contributed by atoms with van der Waals surface area (Å²) in [5, 5.41) is 1.78. The van der Waals surface area contributed by atoms with Gasteiger partial charge in [0.05, 0.1) is 17.1 Å². The molecule has 16 heavy (non-hydrogen) atoms. The highest BCUT2D eigenvalue weighted by molar-refractivity contribution is 6.38. The first-order valence-corrected chi connectivity index (χ1v) is 5.52. The van der Waals surface area contributed by atoms with E-state index in [1.54, 1.807) is 31.3 Å². The number of fused-ring (bicyclic) bond motifs is 1. The second-order valence-corrected chi connectivity index (χ2v) is 4.05. The number of carbonyl (C=O) groups is 1. The first kappa shape index (κ1) is 11.3. The summed E-state index contributed by atoms with van der Waals surface area (Å²) in [6.07, 6.45) is 1.17. The van der Waals surface area contributed by atoms with Gasteiger partial charge in [-0.05, 0) is 25.1 Å². The molecule has 0 radical (unpaired) electrons. The van der Waals surface area contributed by atoms with Crippen molar-refractivity contribution in [3.8, 4) is 0 Å². The Morgan fingerprint density at radius 1 is 1.44 bits per heavy atom. The van der Waals surface area contributed by atoms with Crippen molar-refractivity contribution in [2.24, 2.45) is 0 Å². The van der Waals surface area contributed by atoms with Gasteiger partial charge >= 0.3 is 6.09 Å². The molecular weight excluding hydrogens is 249 g/mol. The predicted octanol–water partition coefficient (Wildman–Crippen LogP) is 3.95. The second-order valence-electron chi connectivity index (χ2n) is 3.21. The maximum Gasteiger partial charge on any atom is 0.418 e. The number of hydrogen-bond acceptors (Lipinski definition) is 2. The third-order valence-electron chi connectivity index (χ3n) is 2.17. The highest BCUT2D eigenvalue weighted by Gasteiger charge is 2.12. The van der Waals surface area contributed by atoms with Crippen molar-refractivity contribution in [2.45, 2.75) is 6.92 Å². The predicted molar refractivity (Wildman–Crippen MR) is 64.4 cm³/mol. The van der Waals surface area contributed by atoms with E-state index in [9.17, 15) is 4.79 Å².